The second kappa shape index (κ2) is 7.34. The molecule has 2 N–H and O–H groups in total. The van der Waals surface area contributed by atoms with Crippen molar-refractivity contribution in [3.63, 3.8) is 0 Å². The summed E-state index contributed by atoms with van der Waals surface area (Å²) in [5.74, 6) is 0.845. The van der Waals surface area contributed by atoms with Crippen LogP contribution in [0.15, 0.2) is 47.4 Å². The molecule has 0 bridgehead atoms. The highest BCUT2D eigenvalue weighted by Gasteiger charge is 2.16. The van der Waals surface area contributed by atoms with Crippen molar-refractivity contribution < 1.29 is 13.2 Å². The smallest absolute Gasteiger partial charge is 0.238 e. The Morgan fingerprint density at radius 1 is 1.21 bits per heavy atom. The Morgan fingerprint density at radius 3 is 2.54 bits per heavy atom. The molecule has 0 radical (unpaired) electrons. The van der Waals surface area contributed by atoms with E-state index >= 15 is 0 Å². The van der Waals surface area contributed by atoms with Crippen molar-refractivity contribution >= 4 is 10.0 Å². The Hall–Kier alpha value is -1.89. The van der Waals surface area contributed by atoms with Crippen LogP contribution in [0.3, 0.4) is 0 Å². The molecule has 2 rings (SSSR count). The summed E-state index contributed by atoms with van der Waals surface area (Å²) in [5, 5.41) is 5.22. The van der Waals surface area contributed by atoms with Crippen LogP contribution in [-0.2, 0) is 16.6 Å². The number of ether oxygens (including phenoxy) is 1. The molecule has 0 aromatic heterocycles. The molecule has 0 aliphatic carbocycles. The van der Waals surface area contributed by atoms with Gasteiger partial charge in [0.25, 0.3) is 0 Å². The van der Waals surface area contributed by atoms with Gasteiger partial charge in [0.05, 0.1) is 12.0 Å². The third-order valence-electron chi connectivity index (χ3n) is 4.19. The standard InChI is InChI=1S/C18H24N2O3S/c1-13-8-9-18(23-4)16(10-13)12-20(3)14(2)15-6-5-7-17(11-15)24(19,21)22/h5-11,14H,12H2,1-4H3,(H2,19,21,22)/t14-/m0/s1. The maximum absolute atomic E-state index is 11.5. The van der Waals surface area contributed by atoms with E-state index in [4.69, 9.17) is 9.88 Å². The van der Waals surface area contributed by atoms with Crippen LogP contribution in [0.4, 0.5) is 0 Å². The zero-order chi connectivity index (χ0) is 17.9. The summed E-state index contributed by atoms with van der Waals surface area (Å²) in [6.07, 6.45) is 0. The van der Waals surface area contributed by atoms with Gasteiger partial charge in [-0.15, -0.1) is 0 Å². The molecule has 0 spiro atoms. The fourth-order valence-corrected chi connectivity index (χ4v) is 3.21. The van der Waals surface area contributed by atoms with Crippen molar-refractivity contribution in [3.05, 3.63) is 59.2 Å². The Balaban J connectivity index is 2.24. The Bertz CT molecular complexity index is 819. The zero-order valence-corrected chi connectivity index (χ0v) is 15.3. The first-order chi connectivity index (χ1) is 11.2. The van der Waals surface area contributed by atoms with Crippen molar-refractivity contribution in [1.82, 2.24) is 4.90 Å². The molecular weight excluding hydrogens is 324 g/mol. The first-order valence-corrected chi connectivity index (χ1v) is 9.23. The van der Waals surface area contributed by atoms with Gasteiger partial charge in [-0.2, -0.15) is 0 Å². The third-order valence-corrected chi connectivity index (χ3v) is 5.10. The number of hydrogen-bond donors (Lipinski definition) is 1. The highest BCUT2D eigenvalue weighted by atomic mass is 32.2. The van der Waals surface area contributed by atoms with Gasteiger partial charge in [0.15, 0.2) is 0 Å². The molecule has 24 heavy (non-hydrogen) atoms. The van der Waals surface area contributed by atoms with Gasteiger partial charge < -0.3 is 4.74 Å². The highest BCUT2D eigenvalue weighted by molar-refractivity contribution is 7.89. The molecular formula is C18H24N2O3S. The predicted octanol–water partition coefficient (Wildman–Crippen LogP) is 2.84. The second-order valence-electron chi connectivity index (χ2n) is 6.02. The third kappa shape index (κ3) is 4.35. The largest absolute Gasteiger partial charge is 0.496 e. The highest BCUT2D eigenvalue weighted by Crippen LogP contribution is 2.26. The maximum atomic E-state index is 11.5. The van der Waals surface area contributed by atoms with Crippen LogP contribution in [0.25, 0.3) is 0 Å². The van der Waals surface area contributed by atoms with E-state index in [1.165, 1.54) is 11.6 Å². The maximum Gasteiger partial charge on any atom is 0.238 e. The zero-order valence-electron chi connectivity index (χ0n) is 14.5. The van der Waals surface area contributed by atoms with Crippen LogP contribution in [0.5, 0.6) is 5.75 Å². The normalized spacial score (nSPS) is 13.1. The van der Waals surface area contributed by atoms with E-state index in [1.54, 1.807) is 19.2 Å². The van der Waals surface area contributed by atoms with Gasteiger partial charge in [-0.1, -0.05) is 29.8 Å². The van der Waals surface area contributed by atoms with E-state index in [1.807, 2.05) is 39.1 Å². The lowest BCUT2D eigenvalue weighted by molar-refractivity contribution is 0.248. The molecule has 130 valence electrons. The van der Waals surface area contributed by atoms with Crippen LogP contribution in [-0.4, -0.2) is 27.5 Å². The van der Waals surface area contributed by atoms with Crippen LogP contribution < -0.4 is 9.88 Å². The summed E-state index contributed by atoms with van der Waals surface area (Å²) in [6.45, 7) is 4.76. The Morgan fingerprint density at radius 2 is 1.92 bits per heavy atom. The van der Waals surface area contributed by atoms with Gasteiger partial charge in [0.1, 0.15) is 5.75 Å². The van der Waals surface area contributed by atoms with Crippen LogP contribution >= 0.6 is 0 Å². The predicted molar refractivity (Wildman–Crippen MR) is 95.4 cm³/mol. The summed E-state index contributed by atoms with van der Waals surface area (Å²) in [4.78, 5) is 2.27. The molecule has 0 heterocycles. The first-order valence-electron chi connectivity index (χ1n) is 7.69. The number of nitrogens with zero attached hydrogens (tertiary/aromatic N) is 1. The number of methoxy groups -OCH3 is 1. The minimum Gasteiger partial charge on any atom is -0.496 e. The van der Waals surface area contributed by atoms with E-state index in [2.05, 4.69) is 11.0 Å². The van der Waals surface area contributed by atoms with Gasteiger partial charge in [0, 0.05) is 18.2 Å². The Labute approximate surface area is 144 Å². The summed E-state index contributed by atoms with van der Waals surface area (Å²) in [5.41, 5.74) is 3.16. The summed E-state index contributed by atoms with van der Waals surface area (Å²) in [7, 11) is -0.0422. The molecule has 0 saturated heterocycles. The van der Waals surface area contributed by atoms with E-state index in [-0.39, 0.29) is 10.9 Å². The van der Waals surface area contributed by atoms with Gasteiger partial charge in [-0.25, -0.2) is 13.6 Å². The number of benzene rings is 2. The van der Waals surface area contributed by atoms with Crippen LogP contribution in [0, 0.1) is 6.92 Å². The summed E-state index contributed by atoms with van der Waals surface area (Å²) in [6, 6.07) is 12.9. The van der Waals surface area contributed by atoms with Crippen molar-refractivity contribution in [2.75, 3.05) is 14.2 Å². The second-order valence-corrected chi connectivity index (χ2v) is 7.59. The lowest BCUT2D eigenvalue weighted by Gasteiger charge is -2.26. The average Bonchev–Trinajstić information content (AvgIpc) is 2.53. The number of sulfonamides is 1. The molecule has 0 fully saturated rings. The van der Waals surface area contributed by atoms with Crippen molar-refractivity contribution in [1.29, 1.82) is 0 Å². The average molecular weight is 348 g/mol. The van der Waals surface area contributed by atoms with Crippen molar-refractivity contribution in [3.8, 4) is 5.75 Å². The van der Waals surface area contributed by atoms with E-state index in [9.17, 15) is 8.42 Å². The SMILES string of the molecule is COc1ccc(C)cc1CN(C)[C@@H](C)c1cccc(S(N)(=O)=O)c1. The Kier molecular flexibility index (Phi) is 5.64. The number of primary sulfonamides is 1. The van der Waals surface area contributed by atoms with E-state index in [0.29, 0.717) is 6.54 Å². The van der Waals surface area contributed by atoms with E-state index in [0.717, 1.165) is 16.9 Å². The molecule has 0 aliphatic rings. The molecule has 1 atom stereocenters. The number of rotatable bonds is 6. The fourth-order valence-electron chi connectivity index (χ4n) is 2.64. The molecule has 0 saturated carbocycles. The lowest BCUT2D eigenvalue weighted by atomic mass is 10.1. The number of nitrogens with two attached hydrogens (primary N) is 1. The summed E-state index contributed by atoms with van der Waals surface area (Å²) < 4.78 is 28.5. The van der Waals surface area contributed by atoms with Gasteiger partial charge in [0.2, 0.25) is 10.0 Å². The minimum atomic E-state index is -3.70. The van der Waals surface area contributed by atoms with Gasteiger partial charge >= 0.3 is 0 Å². The first kappa shape index (κ1) is 18.4. The van der Waals surface area contributed by atoms with E-state index < -0.39 is 10.0 Å². The quantitative estimate of drug-likeness (QED) is 0.871. The fraction of sp³-hybridized carbons (Fsp3) is 0.333. The molecule has 0 aliphatic heterocycles. The minimum absolute atomic E-state index is 0.0249. The van der Waals surface area contributed by atoms with Gasteiger partial charge in [-0.05, 0) is 44.7 Å². The molecule has 2 aromatic rings. The van der Waals surface area contributed by atoms with Crippen LogP contribution in [0.1, 0.15) is 29.7 Å². The van der Waals surface area contributed by atoms with Gasteiger partial charge in [-0.3, -0.25) is 4.90 Å². The lowest BCUT2D eigenvalue weighted by Crippen LogP contribution is -2.23. The monoisotopic (exact) mass is 348 g/mol. The molecule has 6 heteroatoms. The molecule has 2 aromatic carbocycles. The topological polar surface area (TPSA) is 72.6 Å². The number of hydrogen-bond acceptors (Lipinski definition) is 4. The van der Waals surface area contributed by atoms with Crippen molar-refractivity contribution in [2.24, 2.45) is 5.14 Å². The molecule has 5 nitrogen and oxygen atoms in total. The summed E-state index contributed by atoms with van der Waals surface area (Å²) >= 11 is 0. The number of aryl methyl sites for hydroxylation is 1. The van der Waals surface area contributed by atoms with Crippen molar-refractivity contribution in [2.45, 2.75) is 31.3 Å². The van der Waals surface area contributed by atoms with Crippen LogP contribution in [0.2, 0.25) is 0 Å². The molecule has 0 amide bonds. The molecule has 0 unspecified atom stereocenters.